The fourth-order valence-electron chi connectivity index (χ4n) is 2.77. The summed E-state index contributed by atoms with van der Waals surface area (Å²) in [5.74, 6) is 0.942. The molecule has 0 atom stereocenters. The fourth-order valence-corrected chi connectivity index (χ4v) is 2.77. The van der Waals surface area contributed by atoms with Crippen molar-refractivity contribution in [1.29, 1.82) is 0 Å². The van der Waals surface area contributed by atoms with Gasteiger partial charge >= 0.3 is 0 Å². The van der Waals surface area contributed by atoms with Crippen molar-refractivity contribution < 1.29 is 0 Å². The minimum atomic E-state index is 0. The van der Waals surface area contributed by atoms with Crippen molar-refractivity contribution in [2.45, 2.75) is 66.7 Å². The largest absolute Gasteiger partial charge is 0.344 e. The summed E-state index contributed by atoms with van der Waals surface area (Å²) in [5.41, 5.74) is 0.642. The van der Waals surface area contributed by atoms with Crippen molar-refractivity contribution in [3.8, 4) is 0 Å². The molecule has 0 saturated carbocycles. The van der Waals surface area contributed by atoms with E-state index in [0.717, 1.165) is 5.92 Å². The second-order valence-electron chi connectivity index (χ2n) is 3.94. The lowest BCUT2D eigenvalue weighted by atomic mass is 9.67. The van der Waals surface area contributed by atoms with Crippen LogP contribution in [-0.4, -0.2) is 0 Å². The Kier molecular flexibility index (Phi) is 13.2. The Morgan fingerprint density at radius 3 is 1.07 bits per heavy atom. The molecule has 0 spiro atoms. The Bertz CT molecular complexity index is 96.6. The molecule has 0 aromatic heterocycles. The van der Waals surface area contributed by atoms with Crippen LogP contribution in [0.5, 0.6) is 0 Å². The summed E-state index contributed by atoms with van der Waals surface area (Å²) in [7, 11) is 0. The van der Waals surface area contributed by atoms with Crippen LogP contribution in [0.15, 0.2) is 0 Å². The van der Waals surface area contributed by atoms with Crippen molar-refractivity contribution in [3.05, 3.63) is 0 Å². The van der Waals surface area contributed by atoms with Crippen molar-refractivity contribution in [1.82, 2.24) is 12.3 Å². The Hall–Kier alpha value is -0.0800. The predicted octanol–water partition coefficient (Wildman–Crippen LogP) is 4.96. The molecule has 0 rings (SSSR count). The summed E-state index contributed by atoms with van der Waals surface area (Å²) in [6.07, 6.45) is 6.77. The monoisotopic (exact) mass is 204 g/mol. The van der Waals surface area contributed by atoms with Crippen molar-refractivity contribution in [3.63, 3.8) is 0 Å². The average Bonchev–Trinajstić information content (AvgIpc) is 2.14. The maximum atomic E-state index is 2.35. The molecular formula is C12H32N2. The van der Waals surface area contributed by atoms with Gasteiger partial charge in [-0.1, -0.05) is 66.7 Å². The van der Waals surface area contributed by atoms with E-state index in [2.05, 4.69) is 34.6 Å². The van der Waals surface area contributed by atoms with Gasteiger partial charge in [-0.05, 0) is 11.3 Å². The SMILES string of the molecule is CCC(CC)C(CC)(CC)CC.N.N. The molecule has 0 radical (unpaired) electrons. The maximum Gasteiger partial charge on any atom is -0.0277 e. The third-order valence-electron chi connectivity index (χ3n) is 3.96. The summed E-state index contributed by atoms with van der Waals surface area (Å²) < 4.78 is 0. The second kappa shape index (κ2) is 9.47. The fraction of sp³-hybridized carbons (Fsp3) is 1.00. The van der Waals surface area contributed by atoms with E-state index in [-0.39, 0.29) is 12.3 Å². The standard InChI is InChI=1S/C12H26.2H3N/c1-6-11(7-2)12(8-3,9-4)10-5;;/h11H,6-10H2,1-5H3;2*1H3. The van der Waals surface area contributed by atoms with Gasteiger partial charge < -0.3 is 12.3 Å². The first-order valence-corrected chi connectivity index (χ1v) is 5.70. The van der Waals surface area contributed by atoms with E-state index in [0.29, 0.717) is 5.41 Å². The molecule has 14 heavy (non-hydrogen) atoms. The van der Waals surface area contributed by atoms with Gasteiger partial charge in [-0.2, -0.15) is 0 Å². The number of rotatable bonds is 6. The molecule has 0 saturated heterocycles. The van der Waals surface area contributed by atoms with E-state index >= 15 is 0 Å². The molecule has 0 aromatic rings. The summed E-state index contributed by atoms with van der Waals surface area (Å²) in [6.45, 7) is 11.7. The number of hydrogen-bond acceptors (Lipinski definition) is 2. The van der Waals surface area contributed by atoms with Crippen LogP contribution in [0, 0.1) is 11.3 Å². The molecule has 0 bridgehead atoms. The molecular weight excluding hydrogens is 172 g/mol. The molecule has 0 aliphatic heterocycles. The molecule has 0 heterocycles. The highest BCUT2D eigenvalue weighted by Crippen LogP contribution is 2.41. The first-order chi connectivity index (χ1) is 5.70. The molecule has 0 unspecified atom stereocenters. The smallest absolute Gasteiger partial charge is 0.0277 e. The van der Waals surface area contributed by atoms with E-state index < -0.39 is 0 Å². The second-order valence-corrected chi connectivity index (χ2v) is 3.94. The zero-order valence-electron chi connectivity index (χ0n) is 11.0. The highest BCUT2D eigenvalue weighted by molar-refractivity contribution is 4.81. The van der Waals surface area contributed by atoms with Crippen LogP contribution < -0.4 is 12.3 Å². The third kappa shape index (κ3) is 3.97. The molecule has 2 nitrogen and oxygen atoms in total. The molecule has 0 fully saturated rings. The van der Waals surface area contributed by atoms with Crippen LogP contribution in [0.2, 0.25) is 0 Å². The minimum Gasteiger partial charge on any atom is -0.344 e. The van der Waals surface area contributed by atoms with Crippen LogP contribution in [0.1, 0.15) is 66.7 Å². The lowest BCUT2D eigenvalue weighted by Crippen LogP contribution is -2.27. The highest BCUT2D eigenvalue weighted by Gasteiger charge is 2.30. The van der Waals surface area contributed by atoms with Crippen molar-refractivity contribution in [2.75, 3.05) is 0 Å². The zero-order valence-corrected chi connectivity index (χ0v) is 11.0. The Balaban J connectivity index is -0.000000605. The van der Waals surface area contributed by atoms with Crippen LogP contribution >= 0.6 is 0 Å². The molecule has 2 heteroatoms. The Labute approximate surface area is 91.0 Å². The lowest BCUT2D eigenvalue weighted by Gasteiger charge is -2.38. The third-order valence-corrected chi connectivity index (χ3v) is 3.96. The molecule has 6 N–H and O–H groups in total. The summed E-state index contributed by atoms with van der Waals surface area (Å²) in [5, 5.41) is 0. The van der Waals surface area contributed by atoms with Gasteiger partial charge in [-0.25, -0.2) is 0 Å². The van der Waals surface area contributed by atoms with E-state index in [1.807, 2.05) is 0 Å². The average molecular weight is 204 g/mol. The van der Waals surface area contributed by atoms with Gasteiger partial charge in [-0.15, -0.1) is 0 Å². The molecule has 0 amide bonds. The van der Waals surface area contributed by atoms with Gasteiger partial charge in [0.25, 0.3) is 0 Å². The van der Waals surface area contributed by atoms with Gasteiger partial charge in [0.1, 0.15) is 0 Å². The van der Waals surface area contributed by atoms with Crippen LogP contribution in [0.3, 0.4) is 0 Å². The first-order valence-electron chi connectivity index (χ1n) is 5.70. The molecule has 0 aromatic carbocycles. The van der Waals surface area contributed by atoms with Crippen molar-refractivity contribution in [2.24, 2.45) is 11.3 Å². The Morgan fingerprint density at radius 1 is 0.714 bits per heavy atom. The molecule has 90 valence electrons. The van der Waals surface area contributed by atoms with Gasteiger partial charge in [-0.3, -0.25) is 0 Å². The van der Waals surface area contributed by atoms with E-state index in [4.69, 9.17) is 0 Å². The van der Waals surface area contributed by atoms with Gasteiger partial charge in [0.05, 0.1) is 0 Å². The quantitative estimate of drug-likeness (QED) is 0.641. The van der Waals surface area contributed by atoms with Gasteiger partial charge in [0.2, 0.25) is 0 Å². The first kappa shape index (κ1) is 19.5. The predicted molar refractivity (Wildman–Crippen MR) is 67.4 cm³/mol. The van der Waals surface area contributed by atoms with E-state index in [9.17, 15) is 0 Å². The lowest BCUT2D eigenvalue weighted by molar-refractivity contribution is 0.126. The molecule has 0 aliphatic carbocycles. The summed E-state index contributed by atoms with van der Waals surface area (Å²) in [6, 6.07) is 0. The van der Waals surface area contributed by atoms with Crippen molar-refractivity contribution >= 4 is 0 Å². The number of hydrogen-bond donors (Lipinski definition) is 2. The van der Waals surface area contributed by atoms with Crippen LogP contribution in [0.4, 0.5) is 0 Å². The Morgan fingerprint density at radius 2 is 1.00 bits per heavy atom. The maximum absolute atomic E-state index is 2.35. The van der Waals surface area contributed by atoms with E-state index in [1.54, 1.807) is 0 Å². The summed E-state index contributed by atoms with van der Waals surface area (Å²) in [4.78, 5) is 0. The van der Waals surface area contributed by atoms with Crippen LogP contribution in [-0.2, 0) is 0 Å². The van der Waals surface area contributed by atoms with Gasteiger partial charge in [0, 0.05) is 0 Å². The summed E-state index contributed by atoms with van der Waals surface area (Å²) >= 11 is 0. The molecule has 0 aliphatic rings. The van der Waals surface area contributed by atoms with E-state index in [1.165, 1.54) is 32.1 Å². The van der Waals surface area contributed by atoms with Crippen LogP contribution in [0.25, 0.3) is 0 Å². The zero-order chi connectivity index (χ0) is 9.61. The van der Waals surface area contributed by atoms with Gasteiger partial charge in [0.15, 0.2) is 0 Å². The normalized spacial score (nSPS) is 10.7. The highest BCUT2D eigenvalue weighted by atomic mass is 14.4. The topological polar surface area (TPSA) is 70.0 Å². The minimum absolute atomic E-state index is 0.